The number of aromatic amines is 1. The minimum absolute atomic E-state index is 0.0153. The van der Waals surface area contributed by atoms with Crippen LogP contribution in [0.5, 0.6) is 5.75 Å². The van der Waals surface area contributed by atoms with Gasteiger partial charge in [-0.1, -0.05) is 12.1 Å². The number of piperidine rings is 1. The zero-order valence-corrected chi connectivity index (χ0v) is 16.1. The maximum absolute atomic E-state index is 13.2. The van der Waals surface area contributed by atoms with E-state index in [1.807, 2.05) is 0 Å². The van der Waals surface area contributed by atoms with E-state index in [0.717, 1.165) is 32.4 Å². The van der Waals surface area contributed by atoms with E-state index in [1.54, 1.807) is 24.3 Å². The number of hydrogen-bond acceptors (Lipinski definition) is 6. The van der Waals surface area contributed by atoms with Gasteiger partial charge in [-0.3, -0.25) is 14.6 Å². The molecule has 2 aliphatic rings. The molecule has 0 spiro atoms. The molecule has 1 saturated heterocycles. The van der Waals surface area contributed by atoms with Crippen LogP contribution in [0.4, 0.5) is 5.95 Å². The molecule has 1 aromatic carbocycles. The third-order valence-corrected chi connectivity index (χ3v) is 5.80. The summed E-state index contributed by atoms with van der Waals surface area (Å²) in [6.07, 6.45) is 5.18. The van der Waals surface area contributed by atoms with Crippen LogP contribution in [0, 0.1) is 0 Å². The number of phenols is 1. The van der Waals surface area contributed by atoms with Gasteiger partial charge in [0.05, 0.1) is 11.1 Å². The van der Waals surface area contributed by atoms with Crippen LogP contribution in [0.15, 0.2) is 29.1 Å². The van der Waals surface area contributed by atoms with Crippen molar-refractivity contribution in [1.29, 1.82) is 0 Å². The van der Waals surface area contributed by atoms with Gasteiger partial charge in [-0.25, -0.2) is 4.98 Å². The first-order chi connectivity index (χ1) is 14.1. The molecule has 0 saturated carbocycles. The maximum atomic E-state index is 13.2. The molecule has 1 aliphatic heterocycles. The number of rotatable bonds is 2. The standard InChI is InChI=1S/C22H22N4O3/c27-14-7-4-6-13(12-14)17-18-15(8-5-9-16(18)28)23-20-19(17)21(29)25-22(24-20)26-10-2-1-3-11-26/h4,6-7,12,27H,1-3,5,8-11H2,(H,23,24,25,29). The Hall–Kier alpha value is -3.22. The third-order valence-electron chi connectivity index (χ3n) is 5.80. The summed E-state index contributed by atoms with van der Waals surface area (Å²) in [5.41, 5.74) is 2.40. The minimum Gasteiger partial charge on any atom is -0.508 e. The van der Waals surface area contributed by atoms with Crippen molar-refractivity contribution in [2.45, 2.75) is 38.5 Å². The number of carbonyl (C=O) groups excluding carboxylic acids is 1. The normalized spacial score (nSPS) is 16.8. The van der Waals surface area contributed by atoms with Crippen molar-refractivity contribution >= 4 is 22.8 Å². The van der Waals surface area contributed by atoms with E-state index in [2.05, 4.69) is 19.9 Å². The number of phenolic OH excluding ortho intramolecular Hbond substituents is 1. The highest BCUT2D eigenvalue weighted by Gasteiger charge is 2.28. The lowest BCUT2D eigenvalue weighted by Gasteiger charge is -2.27. The van der Waals surface area contributed by atoms with Crippen molar-refractivity contribution in [3.8, 4) is 16.9 Å². The first kappa shape index (κ1) is 17.8. The minimum atomic E-state index is -0.303. The Kier molecular flexibility index (Phi) is 4.30. The van der Waals surface area contributed by atoms with Crippen LogP contribution in [0.1, 0.15) is 48.2 Å². The number of aryl methyl sites for hydroxylation is 1. The van der Waals surface area contributed by atoms with Gasteiger partial charge in [0.25, 0.3) is 5.56 Å². The third kappa shape index (κ3) is 3.06. The second kappa shape index (κ2) is 6.99. The van der Waals surface area contributed by atoms with Crippen LogP contribution in [0.3, 0.4) is 0 Å². The van der Waals surface area contributed by atoms with Crippen molar-refractivity contribution in [2.24, 2.45) is 0 Å². The number of anilines is 1. The summed E-state index contributed by atoms with van der Waals surface area (Å²) in [4.78, 5) is 40.3. The van der Waals surface area contributed by atoms with Gasteiger partial charge in [0, 0.05) is 30.6 Å². The summed E-state index contributed by atoms with van der Waals surface area (Å²) >= 11 is 0. The van der Waals surface area contributed by atoms with Crippen LogP contribution in [-0.4, -0.2) is 38.9 Å². The molecule has 29 heavy (non-hydrogen) atoms. The van der Waals surface area contributed by atoms with E-state index in [4.69, 9.17) is 0 Å². The van der Waals surface area contributed by atoms with Crippen LogP contribution < -0.4 is 10.5 Å². The fraction of sp³-hybridized carbons (Fsp3) is 0.364. The Bertz CT molecular complexity index is 1180. The van der Waals surface area contributed by atoms with Crippen LogP contribution in [0.2, 0.25) is 0 Å². The van der Waals surface area contributed by atoms with Gasteiger partial charge < -0.3 is 10.0 Å². The number of aromatic nitrogens is 3. The van der Waals surface area contributed by atoms with E-state index in [-0.39, 0.29) is 17.1 Å². The average molecular weight is 390 g/mol. The smallest absolute Gasteiger partial charge is 0.262 e. The number of aromatic hydroxyl groups is 1. The number of nitrogens with one attached hydrogen (secondary N) is 1. The maximum Gasteiger partial charge on any atom is 0.262 e. The zero-order valence-electron chi connectivity index (χ0n) is 16.1. The molecule has 148 valence electrons. The van der Waals surface area contributed by atoms with E-state index >= 15 is 0 Å². The Morgan fingerprint density at radius 3 is 2.59 bits per heavy atom. The summed E-state index contributed by atoms with van der Waals surface area (Å²) < 4.78 is 0. The molecule has 1 aliphatic carbocycles. The number of Topliss-reactive ketones (excluding diaryl/α,β-unsaturated/α-hetero) is 1. The number of hydrogen-bond donors (Lipinski definition) is 2. The molecule has 3 heterocycles. The first-order valence-corrected chi connectivity index (χ1v) is 10.2. The molecule has 7 nitrogen and oxygen atoms in total. The number of H-pyrrole nitrogens is 1. The average Bonchev–Trinajstić information content (AvgIpc) is 2.73. The second-order valence-electron chi connectivity index (χ2n) is 7.77. The largest absolute Gasteiger partial charge is 0.508 e. The Morgan fingerprint density at radius 1 is 0.966 bits per heavy atom. The quantitative estimate of drug-likeness (QED) is 0.697. The predicted molar refractivity (Wildman–Crippen MR) is 111 cm³/mol. The van der Waals surface area contributed by atoms with E-state index in [1.165, 1.54) is 6.42 Å². The number of benzene rings is 1. The SMILES string of the molecule is O=C1CCCc2nc3nc(N4CCCCC4)[nH]c(=O)c3c(-c3cccc(O)c3)c21. The molecule has 0 amide bonds. The number of ketones is 1. The molecular weight excluding hydrogens is 368 g/mol. The zero-order chi connectivity index (χ0) is 20.0. The van der Waals surface area contributed by atoms with Gasteiger partial charge in [-0.2, -0.15) is 4.98 Å². The molecule has 0 atom stereocenters. The number of carbonyl (C=O) groups is 1. The van der Waals surface area contributed by atoms with Crippen molar-refractivity contribution in [1.82, 2.24) is 15.0 Å². The molecule has 7 heteroatoms. The van der Waals surface area contributed by atoms with Crippen molar-refractivity contribution in [2.75, 3.05) is 18.0 Å². The van der Waals surface area contributed by atoms with Crippen LogP contribution in [-0.2, 0) is 6.42 Å². The number of pyridine rings is 1. The Morgan fingerprint density at radius 2 is 1.79 bits per heavy atom. The summed E-state index contributed by atoms with van der Waals surface area (Å²) in [7, 11) is 0. The number of nitrogens with zero attached hydrogens (tertiary/aromatic N) is 3. The highest BCUT2D eigenvalue weighted by atomic mass is 16.3. The van der Waals surface area contributed by atoms with Gasteiger partial charge in [-0.05, 0) is 49.8 Å². The molecule has 0 bridgehead atoms. The molecule has 2 aromatic heterocycles. The first-order valence-electron chi connectivity index (χ1n) is 10.2. The van der Waals surface area contributed by atoms with E-state index in [0.29, 0.717) is 52.2 Å². The predicted octanol–water partition coefficient (Wildman–Crippen LogP) is 3.20. The Labute approximate surface area is 167 Å². The fourth-order valence-corrected chi connectivity index (χ4v) is 4.44. The van der Waals surface area contributed by atoms with Gasteiger partial charge in [0.15, 0.2) is 11.4 Å². The van der Waals surface area contributed by atoms with Gasteiger partial charge in [0.2, 0.25) is 5.95 Å². The van der Waals surface area contributed by atoms with Gasteiger partial charge >= 0.3 is 0 Å². The molecule has 3 aromatic rings. The van der Waals surface area contributed by atoms with Crippen LogP contribution >= 0.6 is 0 Å². The lowest BCUT2D eigenvalue weighted by Crippen LogP contribution is -2.32. The highest BCUT2D eigenvalue weighted by molar-refractivity contribution is 6.10. The summed E-state index contributed by atoms with van der Waals surface area (Å²) in [5, 5.41) is 10.3. The summed E-state index contributed by atoms with van der Waals surface area (Å²) in [5.74, 6) is 0.607. The van der Waals surface area contributed by atoms with Gasteiger partial charge in [-0.15, -0.1) is 0 Å². The topological polar surface area (TPSA) is 99.2 Å². The van der Waals surface area contributed by atoms with Crippen molar-refractivity contribution in [3.63, 3.8) is 0 Å². The van der Waals surface area contributed by atoms with E-state index < -0.39 is 0 Å². The van der Waals surface area contributed by atoms with Crippen molar-refractivity contribution < 1.29 is 9.90 Å². The molecule has 0 unspecified atom stereocenters. The van der Waals surface area contributed by atoms with Gasteiger partial charge in [0.1, 0.15) is 5.75 Å². The molecule has 2 N–H and O–H groups in total. The molecule has 1 fully saturated rings. The molecular formula is C22H22N4O3. The lowest BCUT2D eigenvalue weighted by atomic mass is 9.86. The summed E-state index contributed by atoms with van der Waals surface area (Å²) in [6, 6.07) is 6.65. The summed E-state index contributed by atoms with van der Waals surface area (Å²) in [6.45, 7) is 1.72. The fourth-order valence-electron chi connectivity index (χ4n) is 4.44. The van der Waals surface area contributed by atoms with E-state index in [9.17, 15) is 14.7 Å². The monoisotopic (exact) mass is 390 g/mol. The molecule has 0 radical (unpaired) electrons. The highest BCUT2D eigenvalue weighted by Crippen LogP contribution is 2.36. The Balaban J connectivity index is 1.81. The lowest BCUT2D eigenvalue weighted by molar-refractivity contribution is 0.0972. The molecule has 5 rings (SSSR count). The van der Waals surface area contributed by atoms with Crippen molar-refractivity contribution in [3.05, 3.63) is 45.9 Å². The van der Waals surface area contributed by atoms with Crippen LogP contribution in [0.25, 0.3) is 22.2 Å². The number of fused-ring (bicyclic) bond motifs is 2. The second-order valence-corrected chi connectivity index (χ2v) is 7.77.